The smallest absolute Gasteiger partial charge is 0.122 e. The van der Waals surface area contributed by atoms with E-state index in [0.29, 0.717) is 6.04 Å². The van der Waals surface area contributed by atoms with Crippen LogP contribution >= 0.6 is 0 Å². The molecule has 0 saturated heterocycles. The van der Waals surface area contributed by atoms with Gasteiger partial charge in [0, 0.05) is 12.5 Å². The highest BCUT2D eigenvalue weighted by Gasteiger charge is 2.16. The van der Waals surface area contributed by atoms with Gasteiger partial charge >= 0.3 is 0 Å². The first-order valence-electron chi connectivity index (χ1n) is 7.14. The average molecular weight is 255 g/mol. The molecule has 0 radical (unpaired) electrons. The van der Waals surface area contributed by atoms with Gasteiger partial charge in [-0.1, -0.05) is 35.9 Å². The molecule has 1 heterocycles. The SMILES string of the molecule is CNC(Cc1ccc2c(c1)CCO2)C1=CC=CCC1. The third-order valence-corrected chi connectivity index (χ3v) is 4.04. The van der Waals surface area contributed by atoms with Crippen molar-refractivity contribution in [2.24, 2.45) is 0 Å². The predicted octanol–water partition coefficient (Wildman–Crippen LogP) is 3.03. The van der Waals surface area contributed by atoms with E-state index in [0.717, 1.165) is 25.2 Å². The van der Waals surface area contributed by atoms with Crippen molar-refractivity contribution >= 4 is 0 Å². The fraction of sp³-hybridized carbons (Fsp3) is 0.412. The fourth-order valence-electron chi connectivity index (χ4n) is 2.93. The van der Waals surface area contributed by atoms with E-state index in [1.807, 2.05) is 0 Å². The summed E-state index contributed by atoms with van der Waals surface area (Å²) >= 11 is 0. The molecule has 1 atom stereocenters. The van der Waals surface area contributed by atoms with Crippen molar-refractivity contribution in [1.29, 1.82) is 0 Å². The van der Waals surface area contributed by atoms with Crippen LogP contribution in [-0.4, -0.2) is 19.7 Å². The van der Waals surface area contributed by atoms with Gasteiger partial charge in [0.2, 0.25) is 0 Å². The summed E-state index contributed by atoms with van der Waals surface area (Å²) in [5.41, 5.74) is 4.28. The Labute approximate surface area is 115 Å². The molecule has 1 aliphatic heterocycles. The molecule has 1 unspecified atom stereocenters. The molecule has 0 saturated carbocycles. The monoisotopic (exact) mass is 255 g/mol. The summed E-state index contributed by atoms with van der Waals surface area (Å²) in [6.45, 7) is 0.837. The normalized spacial score (nSPS) is 18.7. The van der Waals surface area contributed by atoms with Crippen LogP contribution in [0.3, 0.4) is 0 Å². The minimum atomic E-state index is 0.449. The van der Waals surface area contributed by atoms with Crippen LogP contribution in [0.2, 0.25) is 0 Å². The zero-order valence-electron chi connectivity index (χ0n) is 11.5. The highest BCUT2D eigenvalue weighted by Crippen LogP contribution is 2.27. The molecule has 3 rings (SSSR count). The second-order valence-corrected chi connectivity index (χ2v) is 5.29. The van der Waals surface area contributed by atoms with E-state index in [2.05, 4.69) is 48.8 Å². The van der Waals surface area contributed by atoms with Crippen LogP contribution in [0.4, 0.5) is 0 Å². The van der Waals surface area contributed by atoms with E-state index < -0.39 is 0 Å². The van der Waals surface area contributed by atoms with Gasteiger partial charge in [0.25, 0.3) is 0 Å². The molecule has 0 bridgehead atoms. The number of hydrogen-bond acceptors (Lipinski definition) is 2. The van der Waals surface area contributed by atoms with Crippen molar-refractivity contribution < 1.29 is 4.74 Å². The van der Waals surface area contributed by atoms with Gasteiger partial charge in [-0.25, -0.2) is 0 Å². The Morgan fingerprint density at radius 2 is 2.26 bits per heavy atom. The highest BCUT2D eigenvalue weighted by molar-refractivity contribution is 5.40. The number of fused-ring (bicyclic) bond motifs is 1. The summed E-state index contributed by atoms with van der Waals surface area (Å²) in [6, 6.07) is 7.09. The van der Waals surface area contributed by atoms with Crippen molar-refractivity contribution in [2.45, 2.75) is 31.7 Å². The first-order chi connectivity index (χ1) is 9.36. The molecule has 0 amide bonds. The number of likely N-dealkylation sites (N-methyl/N-ethyl adjacent to an activating group) is 1. The molecule has 0 aromatic heterocycles. The number of rotatable bonds is 4. The topological polar surface area (TPSA) is 21.3 Å². The third-order valence-electron chi connectivity index (χ3n) is 4.04. The van der Waals surface area contributed by atoms with Crippen LogP contribution in [0.5, 0.6) is 5.75 Å². The Bertz CT molecular complexity index is 516. The molecule has 2 aliphatic rings. The van der Waals surface area contributed by atoms with E-state index in [9.17, 15) is 0 Å². The van der Waals surface area contributed by atoms with Crippen LogP contribution in [0, 0.1) is 0 Å². The molecule has 2 heteroatoms. The van der Waals surface area contributed by atoms with Gasteiger partial charge in [0.15, 0.2) is 0 Å². The van der Waals surface area contributed by atoms with E-state index in [-0.39, 0.29) is 0 Å². The van der Waals surface area contributed by atoms with E-state index in [1.54, 1.807) is 0 Å². The molecular weight excluding hydrogens is 234 g/mol. The van der Waals surface area contributed by atoms with Crippen molar-refractivity contribution in [1.82, 2.24) is 5.32 Å². The second-order valence-electron chi connectivity index (χ2n) is 5.29. The largest absolute Gasteiger partial charge is 0.493 e. The lowest BCUT2D eigenvalue weighted by atomic mass is 9.92. The lowest BCUT2D eigenvalue weighted by Gasteiger charge is -2.21. The zero-order chi connectivity index (χ0) is 13.1. The number of ether oxygens (including phenoxy) is 1. The van der Waals surface area contributed by atoms with Gasteiger partial charge in [0.1, 0.15) is 5.75 Å². The van der Waals surface area contributed by atoms with Crippen molar-refractivity contribution in [3.63, 3.8) is 0 Å². The summed E-state index contributed by atoms with van der Waals surface area (Å²) in [7, 11) is 2.06. The number of allylic oxidation sites excluding steroid dienone is 3. The van der Waals surface area contributed by atoms with Crippen LogP contribution in [-0.2, 0) is 12.8 Å². The Hall–Kier alpha value is -1.54. The number of hydrogen-bond donors (Lipinski definition) is 1. The van der Waals surface area contributed by atoms with Gasteiger partial charge in [-0.05, 0) is 43.5 Å². The second kappa shape index (κ2) is 5.62. The number of nitrogens with one attached hydrogen (secondary N) is 1. The van der Waals surface area contributed by atoms with Gasteiger partial charge in [-0.2, -0.15) is 0 Å². The maximum Gasteiger partial charge on any atom is 0.122 e. The molecule has 1 aromatic carbocycles. The van der Waals surface area contributed by atoms with Crippen LogP contribution in [0.25, 0.3) is 0 Å². The molecule has 1 N–H and O–H groups in total. The minimum absolute atomic E-state index is 0.449. The number of benzene rings is 1. The Kier molecular flexibility index (Phi) is 3.69. The summed E-state index contributed by atoms with van der Waals surface area (Å²) in [5, 5.41) is 3.45. The Morgan fingerprint density at radius 1 is 1.32 bits per heavy atom. The van der Waals surface area contributed by atoms with Crippen molar-refractivity contribution in [3.05, 3.63) is 53.1 Å². The first kappa shape index (κ1) is 12.5. The van der Waals surface area contributed by atoms with Gasteiger partial charge in [-0.15, -0.1) is 0 Å². The van der Waals surface area contributed by atoms with Crippen molar-refractivity contribution in [3.8, 4) is 5.75 Å². The molecule has 19 heavy (non-hydrogen) atoms. The summed E-state index contributed by atoms with van der Waals surface area (Å²) in [6.07, 6.45) is 11.1. The molecule has 2 nitrogen and oxygen atoms in total. The molecule has 1 aromatic rings. The lowest BCUT2D eigenvalue weighted by molar-refractivity contribution is 0.357. The maximum atomic E-state index is 5.56. The Balaban J connectivity index is 1.75. The average Bonchev–Trinajstić information content (AvgIpc) is 2.93. The predicted molar refractivity (Wildman–Crippen MR) is 78.6 cm³/mol. The molecule has 1 aliphatic carbocycles. The molecule has 0 fully saturated rings. The van der Waals surface area contributed by atoms with Gasteiger partial charge in [-0.3, -0.25) is 0 Å². The van der Waals surface area contributed by atoms with Crippen molar-refractivity contribution in [2.75, 3.05) is 13.7 Å². The van der Waals surface area contributed by atoms with Crippen LogP contribution in [0.1, 0.15) is 24.0 Å². The molecule has 0 spiro atoms. The highest BCUT2D eigenvalue weighted by atomic mass is 16.5. The summed E-state index contributed by atoms with van der Waals surface area (Å²) in [4.78, 5) is 0. The first-order valence-corrected chi connectivity index (χ1v) is 7.14. The standard InChI is InChI=1S/C17H21NO/c1-18-16(14-5-3-2-4-6-14)12-13-7-8-17-15(11-13)9-10-19-17/h2-3,5,7-8,11,16,18H,4,6,9-10,12H2,1H3. The molecular formula is C17H21NO. The lowest BCUT2D eigenvalue weighted by Crippen LogP contribution is -2.30. The zero-order valence-corrected chi connectivity index (χ0v) is 11.5. The van der Waals surface area contributed by atoms with E-state index >= 15 is 0 Å². The molecule has 100 valence electrons. The minimum Gasteiger partial charge on any atom is -0.493 e. The fourth-order valence-corrected chi connectivity index (χ4v) is 2.93. The summed E-state index contributed by atoms with van der Waals surface area (Å²) < 4.78 is 5.56. The maximum absolute atomic E-state index is 5.56. The summed E-state index contributed by atoms with van der Waals surface area (Å²) in [5.74, 6) is 1.07. The van der Waals surface area contributed by atoms with Crippen LogP contribution < -0.4 is 10.1 Å². The Morgan fingerprint density at radius 3 is 3.05 bits per heavy atom. The quantitative estimate of drug-likeness (QED) is 0.893. The van der Waals surface area contributed by atoms with Gasteiger partial charge in [0.05, 0.1) is 6.61 Å². The van der Waals surface area contributed by atoms with Crippen LogP contribution in [0.15, 0.2) is 42.0 Å². The van der Waals surface area contributed by atoms with E-state index in [1.165, 1.54) is 29.5 Å². The van der Waals surface area contributed by atoms with E-state index in [4.69, 9.17) is 4.74 Å². The van der Waals surface area contributed by atoms with Gasteiger partial charge < -0.3 is 10.1 Å². The third kappa shape index (κ3) is 2.74.